The summed E-state index contributed by atoms with van der Waals surface area (Å²) in [4.78, 5) is 6.60. The Kier molecular flexibility index (Phi) is 4.69. The van der Waals surface area contributed by atoms with Crippen LogP contribution in [0.15, 0.2) is 51.9 Å². The van der Waals surface area contributed by atoms with Gasteiger partial charge < -0.3 is 15.4 Å². The van der Waals surface area contributed by atoms with Crippen LogP contribution in [0.3, 0.4) is 0 Å². The fourth-order valence-electron chi connectivity index (χ4n) is 3.10. The van der Waals surface area contributed by atoms with Gasteiger partial charge in [-0.2, -0.15) is 8.78 Å². The van der Waals surface area contributed by atoms with Gasteiger partial charge in [-0.3, -0.25) is 0 Å². The number of alkyl halides is 2. The van der Waals surface area contributed by atoms with Crippen LogP contribution in [0.2, 0.25) is 0 Å². The number of halogens is 3. The van der Waals surface area contributed by atoms with Crippen LogP contribution in [0.5, 0.6) is 5.75 Å². The molecule has 2 aromatic carbocycles. The van der Waals surface area contributed by atoms with Crippen molar-refractivity contribution in [3.8, 4) is 5.75 Å². The van der Waals surface area contributed by atoms with Crippen molar-refractivity contribution >= 4 is 21.9 Å². The molecule has 25 heavy (non-hydrogen) atoms. The molecule has 0 aromatic heterocycles. The smallest absolute Gasteiger partial charge is 0.387 e. The number of rotatable bonds is 4. The van der Waals surface area contributed by atoms with Crippen LogP contribution in [-0.2, 0) is 5.54 Å². The number of aryl methyl sites for hydroxylation is 1. The van der Waals surface area contributed by atoms with Crippen molar-refractivity contribution in [2.24, 2.45) is 10.7 Å². The molecule has 1 aliphatic heterocycles. The number of ether oxygens (including phenoxy) is 1. The summed E-state index contributed by atoms with van der Waals surface area (Å²) in [5, 5.41) is 0. The van der Waals surface area contributed by atoms with E-state index in [4.69, 9.17) is 10.7 Å². The topological polar surface area (TPSA) is 50.8 Å². The molecule has 0 fully saturated rings. The van der Waals surface area contributed by atoms with Crippen LogP contribution in [0.1, 0.15) is 16.7 Å². The summed E-state index contributed by atoms with van der Waals surface area (Å²) in [7, 11) is 1.87. The van der Waals surface area contributed by atoms with E-state index in [1.807, 2.05) is 42.3 Å². The summed E-state index contributed by atoms with van der Waals surface area (Å²) >= 11 is 3.49. The summed E-state index contributed by atoms with van der Waals surface area (Å²) in [6, 6.07) is 13.0. The highest BCUT2D eigenvalue weighted by atomic mass is 79.9. The van der Waals surface area contributed by atoms with Gasteiger partial charge in [-0.25, -0.2) is 4.99 Å². The first-order chi connectivity index (χ1) is 11.8. The predicted octanol–water partition coefficient (Wildman–Crippen LogP) is 3.86. The molecular weight excluding hydrogens is 392 g/mol. The molecule has 0 bridgehead atoms. The van der Waals surface area contributed by atoms with E-state index < -0.39 is 12.2 Å². The van der Waals surface area contributed by atoms with Crippen LogP contribution < -0.4 is 10.5 Å². The van der Waals surface area contributed by atoms with Crippen molar-refractivity contribution in [3.63, 3.8) is 0 Å². The van der Waals surface area contributed by atoms with Gasteiger partial charge in [0.2, 0.25) is 0 Å². The molecule has 1 atom stereocenters. The minimum Gasteiger partial charge on any atom is -0.435 e. The molecule has 0 aliphatic carbocycles. The molecule has 0 spiro atoms. The van der Waals surface area contributed by atoms with Crippen molar-refractivity contribution < 1.29 is 13.5 Å². The molecule has 4 nitrogen and oxygen atoms in total. The molecule has 0 saturated heterocycles. The number of aliphatic imine (C=N–C) groups is 1. The fraction of sp³-hybridized carbons (Fsp3) is 0.278. The van der Waals surface area contributed by atoms with E-state index in [0.29, 0.717) is 18.1 Å². The van der Waals surface area contributed by atoms with E-state index >= 15 is 0 Å². The second-order valence-corrected chi connectivity index (χ2v) is 6.97. The standard InChI is InChI=1S/C18H18BrF2N3O/c1-11-8-13(6-7-15(11)25-16(20)21)18(10-24(2)17(22)23-18)12-4-3-5-14(19)9-12/h3-9,16H,10H2,1-2H3,(H2,22,23)/t18-/m1/s1. The molecule has 0 unspecified atom stereocenters. The Labute approximate surface area is 153 Å². The van der Waals surface area contributed by atoms with Crippen molar-refractivity contribution in [1.29, 1.82) is 0 Å². The van der Waals surface area contributed by atoms with Gasteiger partial charge in [0, 0.05) is 11.5 Å². The van der Waals surface area contributed by atoms with E-state index in [-0.39, 0.29) is 5.75 Å². The summed E-state index contributed by atoms with van der Waals surface area (Å²) in [5.74, 6) is 0.594. The van der Waals surface area contributed by atoms with E-state index in [9.17, 15) is 8.78 Å². The third-order valence-electron chi connectivity index (χ3n) is 4.33. The Hall–Kier alpha value is -2.15. The molecule has 0 saturated carbocycles. The van der Waals surface area contributed by atoms with Gasteiger partial charge in [0.25, 0.3) is 0 Å². The maximum atomic E-state index is 12.5. The first-order valence-corrected chi connectivity index (χ1v) is 8.49. The largest absolute Gasteiger partial charge is 0.435 e. The number of hydrogen-bond donors (Lipinski definition) is 1. The number of likely N-dealkylation sites (N-methyl/N-ethyl adjacent to an activating group) is 1. The first-order valence-electron chi connectivity index (χ1n) is 7.70. The minimum atomic E-state index is -2.85. The number of benzene rings is 2. The summed E-state index contributed by atoms with van der Waals surface area (Å²) in [6.45, 7) is -0.555. The summed E-state index contributed by atoms with van der Waals surface area (Å²) < 4.78 is 30.5. The fourth-order valence-corrected chi connectivity index (χ4v) is 3.50. The third kappa shape index (κ3) is 3.33. The van der Waals surface area contributed by atoms with Gasteiger partial charge in [0.05, 0.1) is 6.54 Å². The van der Waals surface area contributed by atoms with Gasteiger partial charge in [0.1, 0.15) is 11.3 Å². The maximum Gasteiger partial charge on any atom is 0.387 e. The second-order valence-electron chi connectivity index (χ2n) is 6.06. The quantitative estimate of drug-likeness (QED) is 0.833. The summed E-state index contributed by atoms with van der Waals surface area (Å²) in [6.07, 6.45) is 0. The van der Waals surface area contributed by atoms with E-state index in [1.165, 1.54) is 0 Å². The van der Waals surface area contributed by atoms with E-state index in [1.54, 1.807) is 19.1 Å². The monoisotopic (exact) mass is 409 g/mol. The first kappa shape index (κ1) is 17.7. The van der Waals surface area contributed by atoms with Gasteiger partial charge in [0.15, 0.2) is 5.96 Å². The van der Waals surface area contributed by atoms with Crippen LogP contribution in [0.25, 0.3) is 0 Å². The third-order valence-corrected chi connectivity index (χ3v) is 4.83. The molecule has 0 amide bonds. The molecule has 3 rings (SSSR count). The maximum absolute atomic E-state index is 12.5. The Balaban J connectivity index is 2.13. The van der Waals surface area contributed by atoms with Crippen LogP contribution >= 0.6 is 15.9 Å². The molecule has 132 valence electrons. The van der Waals surface area contributed by atoms with Gasteiger partial charge in [-0.1, -0.05) is 34.1 Å². The Bertz CT molecular complexity index is 828. The van der Waals surface area contributed by atoms with Gasteiger partial charge in [-0.15, -0.1) is 0 Å². The Morgan fingerprint density at radius 3 is 2.52 bits per heavy atom. The van der Waals surface area contributed by atoms with Crippen LogP contribution in [0, 0.1) is 6.92 Å². The predicted molar refractivity (Wildman–Crippen MR) is 97.0 cm³/mol. The van der Waals surface area contributed by atoms with Crippen molar-refractivity contribution in [3.05, 3.63) is 63.6 Å². The molecule has 0 radical (unpaired) electrons. The number of hydrogen-bond acceptors (Lipinski definition) is 4. The lowest BCUT2D eigenvalue weighted by Gasteiger charge is -2.29. The SMILES string of the molecule is Cc1cc([C@]2(c3cccc(Br)c3)CN(C)C(N)=N2)ccc1OC(F)F. The highest BCUT2D eigenvalue weighted by molar-refractivity contribution is 9.10. The molecule has 2 aromatic rings. The zero-order valence-electron chi connectivity index (χ0n) is 13.8. The molecule has 2 N–H and O–H groups in total. The highest BCUT2D eigenvalue weighted by Gasteiger charge is 2.41. The average Bonchev–Trinajstić information content (AvgIpc) is 2.85. The lowest BCUT2D eigenvalue weighted by Crippen LogP contribution is -2.34. The second kappa shape index (κ2) is 6.63. The van der Waals surface area contributed by atoms with Crippen molar-refractivity contribution in [2.45, 2.75) is 19.1 Å². The molecule has 1 aliphatic rings. The number of nitrogens with zero attached hydrogens (tertiary/aromatic N) is 2. The molecule has 1 heterocycles. The van der Waals surface area contributed by atoms with Crippen LogP contribution in [-0.4, -0.2) is 31.1 Å². The molecule has 7 heteroatoms. The highest BCUT2D eigenvalue weighted by Crippen LogP contribution is 2.40. The van der Waals surface area contributed by atoms with Gasteiger partial charge in [-0.05, 0) is 47.9 Å². The van der Waals surface area contributed by atoms with E-state index in [2.05, 4.69) is 20.7 Å². The van der Waals surface area contributed by atoms with Crippen molar-refractivity contribution in [2.75, 3.05) is 13.6 Å². The summed E-state index contributed by atoms with van der Waals surface area (Å²) in [5.41, 5.74) is 7.80. The zero-order valence-corrected chi connectivity index (χ0v) is 15.4. The molecular formula is C18H18BrF2N3O. The average molecular weight is 410 g/mol. The minimum absolute atomic E-state index is 0.159. The van der Waals surface area contributed by atoms with Crippen LogP contribution in [0.4, 0.5) is 8.78 Å². The zero-order chi connectivity index (χ0) is 18.2. The Morgan fingerprint density at radius 1 is 1.24 bits per heavy atom. The Morgan fingerprint density at radius 2 is 1.96 bits per heavy atom. The van der Waals surface area contributed by atoms with Gasteiger partial charge >= 0.3 is 6.61 Å². The number of guanidine groups is 1. The lowest BCUT2D eigenvalue weighted by atomic mass is 9.83. The number of nitrogens with two attached hydrogens (primary N) is 1. The lowest BCUT2D eigenvalue weighted by molar-refractivity contribution is -0.0503. The normalized spacial score (nSPS) is 20.1. The van der Waals surface area contributed by atoms with Crippen molar-refractivity contribution in [1.82, 2.24) is 4.90 Å². The van der Waals surface area contributed by atoms with E-state index in [0.717, 1.165) is 15.6 Å².